The minimum absolute atomic E-state index is 0.167. The average Bonchev–Trinajstić information content (AvgIpc) is 3.12. The predicted octanol–water partition coefficient (Wildman–Crippen LogP) is 5.09. The number of aromatic amines is 1. The van der Waals surface area contributed by atoms with E-state index in [9.17, 15) is 14.4 Å². The molecule has 1 amide bonds. The summed E-state index contributed by atoms with van der Waals surface area (Å²) in [7, 11) is 0. The summed E-state index contributed by atoms with van der Waals surface area (Å²) in [5.74, 6) is 0.0798. The van der Waals surface area contributed by atoms with E-state index in [-0.39, 0.29) is 17.2 Å². The molecule has 6 rings (SSSR count). The maximum atomic E-state index is 14.1. The van der Waals surface area contributed by atoms with E-state index in [0.717, 1.165) is 11.3 Å². The van der Waals surface area contributed by atoms with E-state index in [1.165, 1.54) is 4.90 Å². The molecule has 2 aliphatic heterocycles. The molecule has 1 N–H and O–H groups in total. The molecule has 4 aromatic rings. The molecule has 3 heterocycles. The van der Waals surface area contributed by atoms with Crippen LogP contribution in [0.5, 0.6) is 0 Å². The summed E-state index contributed by atoms with van der Waals surface area (Å²) in [5, 5.41) is 1.07. The number of carbonyl (C=O) groups excluding carboxylic acids is 2. The zero-order valence-electron chi connectivity index (χ0n) is 18.9. The second kappa shape index (κ2) is 7.67. The number of carbonyl (C=O) groups is 2. The molecule has 0 radical (unpaired) electrons. The number of benzene rings is 3. The third-order valence-corrected chi connectivity index (χ3v) is 6.62. The SMILES string of the molecule is Cc1ccc(N2c3[nH]c(=O)c4ccccc4c3C(=O)C23C=CN(C(=O)c2ccccc2)C=C3)cc1. The zero-order chi connectivity index (χ0) is 24.2. The van der Waals surface area contributed by atoms with E-state index < -0.39 is 5.54 Å². The van der Waals surface area contributed by atoms with Crippen LogP contribution in [0.4, 0.5) is 11.5 Å². The van der Waals surface area contributed by atoms with E-state index >= 15 is 0 Å². The fraction of sp³-hybridized carbons (Fsp3) is 0.0690. The van der Waals surface area contributed by atoms with Crippen molar-refractivity contribution in [2.75, 3.05) is 4.90 Å². The summed E-state index contributed by atoms with van der Waals surface area (Å²) in [6.45, 7) is 1.99. The maximum absolute atomic E-state index is 14.1. The number of amides is 1. The molecule has 0 bridgehead atoms. The number of hydrogen-bond acceptors (Lipinski definition) is 4. The van der Waals surface area contributed by atoms with Gasteiger partial charge in [0.2, 0.25) is 5.78 Å². The van der Waals surface area contributed by atoms with Crippen molar-refractivity contribution in [3.8, 4) is 0 Å². The lowest BCUT2D eigenvalue weighted by molar-refractivity contribution is 0.0859. The largest absolute Gasteiger partial charge is 0.307 e. The first-order valence-electron chi connectivity index (χ1n) is 11.3. The molecule has 0 aliphatic carbocycles. The summed E-state index contributed by atoms with van der Waals surface area (Å²) in [5.41, 5.74) is 1.35. The Balaban J connectivity index is 1.53. The van der Waals surface area contributed by atoms with Crippen LogP contribution in [0, 0.1) is 6.92 Å². The first kappa shape index (κ1) is 20.9. The first-order chi connectivity index (χ1) is 17.0. The van der Waals surface area contributed by atoms with E-state index in [0.29, 0.717) is 27.7 Å². The van der Waals surface area contributed by atoms with Gasteiger partial charge in [0.25, 0.3) is 11.5 Å². The Morgan fingerprint density at radius 1 is 0.800 bits per heavy atom. The topological polar surface area (TPSA) is 73.5 Å². The van der Waals surface area contributed by atoms with E-state index in [4.69, 9.17) is 0 Å². The molecule has 6 heteroatoms. The van der Waals surface area contributed by atoms with Gasteiger partial charge in [-0.2, -0.15) is 0 Å². The number of nitrogens with zero attached hydrogens (tertiary/aromatic N) is 2. The van der Waals surface area contributed by atoms with E-state index in [2.05, 4.69) is 4.98 Å². The highest BCUT2D eigenvalue weighted by Gasteiger charge is 2.51. The summed E-state index contributed by atoms with van der Waals surface area (Å²) in [6.07, 6.45) is 6.70. The maximum Gasteiger partial charge on any atom is 0.261 e. The molecule has 0 saturated heterocycles. The Labute approximate surface area is 201 Å². The quantitative estimate of drug-likeness (QED) is 0.453. The van der Waals surface area contributed by atoms with Crippen LogP contribution in [-0.2, 0) is 0 Å². The number of anilines is 2. The van der Waals surface area contributed by atoms with Crippen molar-refractivity contribution >= 4 is 34.0 Å². The molecule has 0 atom stereocenters. The highest BCUT2D eigenvalue weighted by Crippen LogP contribution is 2.47. The van der Waals surface area contributed by atoms with Crippen LogP contribution in [0.3, 0.4) is 0 Å². The van der Waals surface area contributed by atoms with Crippen LogP contribution in [0.15, 0.2) is 108 Å². The number of nitrogens with one attached hydrogen (secondary N) is 1. The second-order valence-electron chi connectivity index (χ2n) is 8.76. The zero-order valence-corrected chi connectivity index (χ0v) is 18.9. The van der Waals surface area contributed by atoms with Gasteiger partial charge in [-0.1, -0.05) is 54.1 Å². The minimum Gasteiger partial charge on any atom is -0.307 e. The summed E-state index contributed by atoms with van der Waals surface area (Å²) in [6, 6.07) is 23.9. The normalized spacial score (nSPS) is 15.7. The van der Waals surface area contributed by atoms with Gasteiger partial charge in [-0.15, -0.1) is 0 Å². The van der Waals surface area contributed by atoms with Crippen molar-refractivity contribution in [2.24, 2.45) is 0 Å². The molecule has 6 nitrogen and oxygen atoms in total. The van der Waals surface area contributed by atoms with Crippen LogP contribution >= 0.6 is 0 Å². The van der Waals surface area contributed by atoms with Crippen LogP contribution in [0.25, 0.3) is 10.8 Å². The Kier molecular flexibility index (Phi) is 4.57. The van der Waals surface area contributed by atoms with Crippen molar-refractivity contribution in [1.82, 2.24) is 9.88 Å². The number of fused-ring (bicyclic) bond motifs is 3. The summed E-state index contributed by atoms with van der Waals surface area (Å²) in [4.78, 5) is 46.3. The van der Waals surface area contributed by atoms with Gasteiger partial charge in [0.1, 0.15) is 11.4 Å². The molecule has 170 valence electrons. The lowest BCUT2D eigenvalue weighted by Gasteiger charge is -2.36. The molecular weight excluding hydrogens is 438 g/mol. The molecular formula is C29H21N3O3. The average molecular weight is 460 g/mol. The van der Waals surface area contributed by atoms with Gasteiger partial charge in [-0.3, -0.25) is 19.3 Å². The van der Waals surface area contributed by atoms with Gasteiger partial charge in [-0.05, 0) is 49.4 Å². The van der Waals surface area contributed by atoms with Crippen molar-refractivity contribution in [1.29, 1.82) is 0 Å². The van der Waals surface area contributed by atoms with E-state index in [1.807, 2.05) is 60.4 Å². The van der Waals surface area contributed by atoms with Gasteiger partial charge in [0.15, 0.2) is 0 Å². The molecule has 1 aromatic heterocycles. The highest BCUT2D eigenvalue weighted by atomic mass is 16.2. The van der Waals surface area contributed by atoms with Gasteiger partial charge in [0, 0.05) is 34.4 Å². The third-order valence-electron chi connectivity index (χ3n) is 6.62. The fourth-order valence-electron chi connectivity index (χ4n) is 4.84. The van der Waals surface area contributed by atoms with Gasteiger partial charge in [-0.25, -0.2) is 0 Å². The standard InChI is InChI=1S/C29H21N3O3/c1-19-11-13-21(14-12-19)32-26-24(22-9-5-6-10-23(22)27(34)30-26)25(33)29(32)15-17-31(18-16-29)28(35)20-7-3-2-4-8-20/h2-18H,1H3,(H,30,34). The van der Waals surface area contributed by atoms with Crippen molar-refractivity contribution in [2.45, 2.75) is 12.5 Å². The highest BCUT2D eigenvalue weighted by molar-refractivity contribution is 6.24. The number of rotatable bonds is 2. The van der Waals surface area contributed by atoms with Crippen molar-refractivity contribution in [3.05, 3.63) is 130 Å². The summed E-state index contributed by atoms with van der Waals surface area (Å²) < 4.78 is 0. The number of aromatic nitrogens is 1. The van der Waals surface area contributed by atoms with Gasteiger partial charge in [0.05, 0.1) is 5.56 Å². The van der Waals surface area contributed by atoms with Crippen LogP contribution in [-0.4, -0.2) is 27.1 Å². The minimum atomic E-state index is -1.22. The Hall–Kier alpha value is -4.71. The molecule has 1 spiro atoms. The number of H-pyrrole nitrogens is 1. The Morgan fingerprint density at radius 3 is 2.11 bits per heavy atom. The molecule has 0 unspecified atom stereocenters. The van der Waals surface area contributed by atoms with Gasteiger partial charge >= 0.3 is 0 Å². The van der Waals surface area contributed by atoms with Gasteiger partial charge < -0.3 is 9.88 Å². The molecule has 0 fully saturated rings. The third kappa shape index (κ3) is 3.07. The van der Waals surface area contributed by atoms with Crippen LogP contribution in [0.2, 0.25) is 0 Å². The smallest absolute Gasteiger partial charge is 0.261 e. The van der Waals surface area contributed by atoms with Crippen molar-refractivity contribution < 1.29 is 9.59 Å². The number of hydrogen-bond donors (Lipinski definition) is 1. The Bertz CT molecular complexity index is 1600. The molecule has 2 aliphatic rings. The molecule has 3 aromatic carbocycles. The first-order valence-corrected chi connectivity index (χ1v) is 11.3. The molecule has 0 saturated carbocycles. The monoisotopic (exact) mass is 459 g/mol. The number of pyridine rings is 1. The number of ketones is 1. The summed E-state index contributed by atoms with van der Waals surface area (Å²) >= 11 is 0. The Morgan fingerprint density at radius 2 is 1.43 bits per heavy atom. The van der Waals surface area contributed by atoms with Crippen LogP contribution < -0.4 is 10.5 Å². The fourth-order valence-corrected chi connectivity index (χ4v) is 4.84. The van der Waals surface area contributed by atoms with Crippen LogP contribution in [0.1, 0.15) is 26.3 Å². The number of aryl methyl sites for hydroxylation is 1. The lowest BCUT2D eigenvalue weighted by atomic mass is 9.89. The van der Waals surface area contributed by atoms with Crippen molar-refractivity contribution in [3.63, 3.8) is 0 Å². The number of Topliss-reactive ketones (excluding diaryl/α,β-unsaturated/α-hetero) is 1. The predicted molar refractivity (Wildman–Crippen MR) is 136 cm³/mol. The lowest BCUT2D eigenvalue weighted by Crippen LogP contribution is -2.47. The molecule has 35 heavy (non-hydrogen) atoms. The van der Waals surface area contributed by atoms with E-state index in [1.54, 1.807) is 54.9 Å². The second-order valence-corrected chi connectivity index (χ2v) is 8.76.